The van der Waals surface area contributed by atoms with Crippen molar-refractivity contribution >= 4 is 28.5 Å². The average molecular weight is 396 g/mol. The lowest BCUT2D eigenvalue weighted by molar-refractivity contribution is 0.0537. The molecule has 0 spiro atoms. The molecule has 28 heavy (non-hydrogen) atoms. The number of furan rings is 2. The lowest BCUT2D eigenvalue weighted by Gasteiger charge is -2.24. The predicted molar refractivity (Wildman–Crippen MR) is 106 cm³/mol. The van der Waals surface area contributed by atoms with E-state index in [2.05, 4.69) is 0 Å². The van der Waals surface area contributed by atoms with Crippen molar-refractivity contribution in [3.63, 3.8) is 0 Å². The summed E-state index contributed by atoms with van der Waals surface area (Å²) in [6.07, 6.45) is 0.548. The summed E-state index contributed by atoms with van der Waals surface area (Å²) in [5.41, 5.74) is 1.53. The topological polar surface area (TPSA) is 66.8 Å². The fourth-order valence-corrected chi connectivity index (χ4v) is 3.26. The molecule has 1 N–H and O–H groups in total. The Bertz CT molecular complexity index is 1070. The van der Waals surface area contributed by atoms with Gasteiger partial charge in [-0.1, -0.05) is 41.9 Å². The van der Waals surface area contributed by atoms with Crippen LogP contribution in [0.1, 0.15) is 28.0 Å². The minimum atomic E-state index is -0.943. The second-order valence-corrected chi connectivity index (χ2v) is 6.93. The van der Waals surface area contributed by atoms with Gasteiger partial charge in [0.1, 0.15) is 17.4 Å². The van der Waals surface area contributed by atoms with E-state index in [9.17, 15) is 9.90 Å². The molecule has 5 nitrogen and oxygen atoms in total. The predicted octanol–water partition coefficient (Wildman–Crippen LogP) is 5.06. The van der Waals surface area contributed by atoms with Crippen LogP contribution >= 0.6 is 11.6 Å². The van der Waals surface area contributed by atoms with Gasteiger partial charge < -0.3 is 18.8 Å². The Morgan fingerprint density at radius 3 is 2.64 bits per heavy atom. The van der Waals surface area contributed by atoms with Crippen molar-refractivity contribution in [3.05, 3.63) is 95.1 Å². The first-order chi connectivity index (χ1) is 13.6. The summed E-state index contributed by atoms with van der Waals surface area (Å²) in [7, 11) is 0. The van der Waals surface area contributed by atoms with E-state index < -0.39 is 6.10 Å². The van der Waals surface area contributed by atoms with E-state index in [1.165, 1.54) is 6.26 Å². The van der Waals surface area contributed by atoms with Crippen LogP contribution in [0, 0.1) is 0 Å². The summed E-state index contributed by atoms with van der Waals surface area (Å²) >= 11 is 6.02. The highest BCUT2D eigenvalue weighted by Gasteiger charge is 2.24. The number of aliphatic hydroxyl groups excluding tert-OH is 1. The first-order valence-electron chi connectivity index (χ1n) is 8.84. The van der Waals surface area contributed by atoms with E-state index in [0.29, 0.717) is 22.9 Å². The van der Waals surface area contributed by atoms with E-state index >= 15 is 0 Å². The highest BCUT2D eigenvalue weighted by atomic mass is 35.5. The lowest BCUT2D eigenvalue weighted by atomic mass is 10.1. The number of rotatable bonds is 6. The van der Waals surface area contributed by atoms with E-state index in [1.807, 2.05) is 30.3 Å². The highest BCUT2D eigenvalue weighted by Crippen LogP contribution is 2.25. The van der Waals surface area contributed by atoms with Gasteiger partial charge in [-0.2, -0.15) is 0 Å². The van der Waals surface area contributed by atoms with E-state index in [-0.39, 0.29) is 18.2 Å². The van der Waals surface area contributed by atoms with Crippen LogP contribution in [0.4, 0.5) is 0 Å². The van der Waals surface area contributed by atoms with Crippen LogP contribution in [-0.2, 0) is 6.54 Å². The van der Waals surface area contributed by atoms with Gasteiger partial charge in [0.25, 0.3) is 5.91 Å². The van der Waals surface area contributed by atoms with Crippen molar-refractivity contribution in [1.29, 1.82) is 0 Å². The van der Waals surface area contributed by atoms with Crippen molar-refractivity contribution in [3.8, 4) is 0 Å². The monoisotopic (exact) mass is 395 g/mol. The Morgan fingerprint density at radius 2 is 1.89 bits per heavy atom. The van der Waals surface area contributed by atoms with Gasteiger partial charge in [0.2, 0.25) is 0 Å². The maximum absolute atomic E-state index is 13.2. The number of carbonyl (C=O) groups is 1. The van der Waals surface area contributed by atoms with Gasteiger partial charge >= 0.3 is 0 Å². The Kier molecular flexibility index (Phi) is 5.19. The summed E-state index contributed by atoms with van der Waals surface area (Å²) in [6.45, 7) is 0.397. The van der Waals surface area contributed by atoms with Crippen LogP contribution < -0.4 is 0 Å². The smallest absolute Gasteiger partial charge is 0.290 e. The number of amides is 1. The molecule has 0 saturated carbocycles. The average Bonchev–Trinajstić information content (AvgIpc) is 3.37. The van der Waals surface area contributed by atoms with E-state index in [0.717, 1.165) is 10.9 Å². The number of aliphatic hydroxyl groups is 1. The zero-order chi connectivity index (χ0) is 19.5. The molecule has 0 radical (unpaired) electrons. The number of benzene rings is 2. The molecular weight excluding hydrogens is 378 g/mol. The van der Waals surface area contributed by atoms with Crippen molar-refractivity contribution < 1.29 is 18.7 Å². The summed E-state index contributed by atoms with van der Waals surface area (Å²) in [5.74, 6) is 0.281. The molecule has 2 aromatic carbocycles. The maximum Gasteiger partial charge on any atom is 0.290 e. The Labute approximate surface area is 166 Å². The molecule has 0 fully saturated rings. The van der Waals surface area contributed by atoms with Gasteiger partial charge in [-0.25, -0.2) is 0 Å². The summed E-state index contributed by atoms with van der Waals surface area (Å²) < 4.78 is 11.0. The molecule has 142 valence electrons. The molecule has 1 atom stereocenters. The minimum Gasteiger partial charge on any atom is -0.467 e. The molecule has 0 aliphatic rings. The quantitative estimate of drug-likeness (QED) is 0.495. The molecule has 1 amide bonds. The molecule has 2 heterocycles. The van der Waals surface area contributed by atoms with Crippen LogP contribution in [0.25, 0.3) is 11.0 Å². The van der Waals surface area contributed by atoms with Crippen LogP contribution in [0.15, 0.2) is 81.8 Å². The fraction of sp³-hybridized carbons (Fsp3) is 0.136. The second kappa shape index (κ2) is 7.92. The standard InChI is InChI=1S/C22H18ClNO4/c23-17-8-9-19-16(11-17)12-21(28-19)22(26)24(13-15-5-2-1-3-6-15)14-18(25)20-7-4-10-27-20/h1-12,18,25H,13-14H2/t18-/m1/s1. The number of nitrogens with zero attached hydrogens (tertiary/aromatic N) is 1. The number of carbonyl (C=O) groups excluding carboxylic acids is 1. The van der Waals surface area contributed by atoms with Crippen molar-refractivity contribution in [2.24, 2.45) is 0 Å². The molecule has 6 heteroatoms. The van der Waals surface area contributed by atoms with Crippen LogP contribution in [0.3, 0.4) is 0 Å². The molecule has 0 aliphatic heterocycles. The van der Waals surface area contributed by atoms with Crippen LogP contribution in [0.5, 0.6) is 0 Å². The number of hydrogen-bond donors (Lipinski definition) is 1. The summed E-state index contributed by atoms with van der Waals surface area (Å²) in [6, 6.07) is 19.8. The zero-order valence-corrected chi connectivity index (χ0v) is 15.7. The first-order valence-corrected chi connectivity index (χ1v) is 9.22. The number of fused-ring (bicyclic) bond motifs is 1. The van der Waals surface area contributed by atoms with E-state index in [4.69, 9.17) is 20.4 Å². The maximum atomic E-state index is 13.2. The van der Waals surface area contributed by atoms with Gasteiger partial charge in [0.15, 0.2) is 5.76 Å². The molecule has 0 bridgehead atoms. The lowest BCUT2D eigenvalue weighted by Crippen LogP contribution is -2.34. The van der Waals surface area contributed by atoms with Crippen molar-refractivity contribution in [2.45, 2.75) is 12.6 Å². The number of hydrogen-bond acceptors (Lipinski definition) is 4. The summed E-state index contributed by atoms with van der Waals surface area (Å²) in [5, 5.41) is 11.8. The highest BCUT2D eigenvalue weighted by molar-refractivity contribution is 6.31. The first kappa shape index (κ1) is 18.3. The molecule has 4 aromatic rings. The summed E-state index contributed by atoms with van der Waals surface area (Å²) in [4.78, 5) is 14.7. The molecule has 0 aliphatic carbocycles. The minimum absolute atomic E-state index is 0.0685. The van der Waals surface area contributed by atoms with Gasteiger partial charge in [-0.3, -0.25) is 4.79 Å². The molecule has 2 aromatic heterocycles. The van der Waals surface area contributed by atoms with Crippen molar-refractivity contribution in [1.82, 2.24) is 4.90 Å². The SMILES string of the molecule is O=C(c1cc2cc(Cl)ccc2o1)N(Cc1ccccc1)C[C@@H](O)c1ccco1. The third-order valence-electron chi connectivity index (χ3n) is 4.46. The Morgan fingerprint density at radius 1 is 1.07 bits per heavy atom. The zero-order valence-electron chi connectivity index (χ0n) is 14.9. The number of halogens is 1. The molecule has 4 rings (SSSR count). The second-order valence-electron chi connectivity index (χ2n) is 6.50. The van der Waals surface area contributed by atoms with Gasteiger partial charge in [0.05, 0.1) is 12.8 Å². The normalized spacial score (nSPS) is 12.2. The third kappa shape index (κ3) is 3.96. The van der Waals surface area contributed by atoms with Gasteiger partial charge in [-0.05, 0) is 42.0 Å². The van der Waals surface area contributed by atoms with Gasteiger partial charge in [-0.15, -0.1) is 0 Å². The molecule has 0 unspecified atom stereocenters. The molecular formula is C22H18ClNO4. The van der Waals surface area contributed by atoms with Crippen LogP contribution in [0.2, 0.25) is 5.02 Å². The molecule has 0 saturated heterocycles. The van der Waals surface area contributed by atoms with Crippen LogP contribution in [-0.4, -0.2) is 22.5 Å². The van der Waals surface area contributed by atoms with Crippen molar-refractivity contribution in [2.75, 3.05) is 6.54 Å². The Balaban J connectivity index is 1.63. The fourth-order valence-electron chi connectivity index (χ4n) is 3.08. The Hall–Kier alpha value is -3.02. The van der Waals surface area contributed by atoms with E-state index in [1.54, 1.807) is 41.3 Å². The largest absolute Gasteiger partial charge is 0.467 e. The van der Waals surface area contributed by atoms with Gasteiger partial charge in [0, 0.05) is 17.0 Å². The third-order valence-corrected chi connectivity index (χ3v) is 4.69.